The number of hydrogen-bond donors (Lipinski definition) is 0. The maximum absolute atomic E-state index is 6.28. The Balaban J connectivity index is 5.34. The lowest BCUT2D eigenvalue weighted by Gasteiger charge is -2.44. The van der Waals surface area contributed by atoms with Crippen LogP contribution in [0.5, 0.6) is 0 Å². The molecule has 0 bridgehead atoms. The Labute approximate surface area is 125 Å². The molecule has 0 spiro atoms. The van der Waals surface area contributed by atoms with Crippen LogP contribution in [0.15, 0.2) is 0 Å². The van der Waals surface area contributed by atoms with Gasteiger partial charge in [0.2, 0.25) is 0 Å². The molecule has 0 amide bonds. The molecule has 0 N–H and O–H groups in total. The molecule has 116 valence electrons. The average Bonchev–Trinajstić information content (AvgIpc) is 1.90. The Morgan fingerprint density at radius 1 is 0.684 bits per heavy atom. The van der Waals surface area contributed by atoms with Crippen LogP contribution < -0.4 is 0 Å². The van der Waals surface area contributed by atoms with Gasteiger partial charge < -0.3 is 17.7 Å². The van der Waals surface area contributed by atoms with Gasteiger partial charge in [-0.1, -0.05) is 0 Å². The minimum Gasteiger partial charge on any atom is -0.420 e. The Kier molecular flexibility index (Phi) is 6.89. The average molecular weight is 341 g/mol. The maximum atomic E-state index is 6.28. The summed E-state index contributed by atoms with van der Waals surface area (Å²) in [4.78, 5) is 0. The Bertz CT molecular complexity index is 237. The topological polar surface area (TPSA) is 36.9 Å². The first-order valence-corrected chi connectivity index (χ1v) is 17.8. The second-order valence-electron chi connectivity index (χ2n) is 7.76. The van der Waals surface area contributed by atoms with Crippen molar-refractivity contribution in [1.29, 1.82) is 0 Å². The van der Waals surface area contributed by atoms with E-state index in [0.29, 0.717) is 17.1 Å². The quantitative estimate of drug-likeness (QED) is 0.502. The first kappa shape index (κ1) is 19.7. The highest BCUT2D eigenvalue weighted by molar-refractivity contribution is 6.72. The molecule has 0 aliphatic carbocycles. The van der Waals surface area contributed by atoms with Gasteiger partial charge in [0, 0.05) is 0 Å². The summed E-state index contributed by atoms with van der Waals surface area (Å²) < 4.78 is 24.3. The molecule has 0 radical (unpaired) electrons. The predicted molar refractivity (Wildman–Crippen MR) is 91.9 cm³/mol. The summed E-state index contributed by atoms with van der Waals surface area (Å²) >= 11 is 0. The molecular weight excluding hydrogens is 308 g/mol. The van der Waals surface area contributed by atoms with E-state index < -0.39 is 30.9 Å². The lowest BCUT2D eigenvalue weighted by Crippen LogP contribution is -2.58. The highest BCUT2D eigenvalue weighted by Gasteiger charge is 2.45. The van der Waals surface area contributed by atoms with Crippen molar-refractivity contribution in [3.63, 3.8) is 0 Å². The summed E-state index contributed by atoms with van der Waals surface area (Å²) in [5.74, 6) is -0.999. The van der Waals surface area contributed by atoms with E-state index in [1.54, 1.807) is 0 Å². The Hall–Kier alpha value is 0.708. The van der Waals surface area contributed by atoms with E-state index in [-0.39, 0.29) is 0 Å². The van der Waals surface area contributed by atoms with Gasteiger partial charge in [0.15, 0.2) is 25.0 Å². The van der Waals surface area contributed by atoms with Gasteiger partial charge >= 0.3 is 0 Å². The van der Waals surface area contributed by atoms with E-state index in [9.17, 15) is 0 Å². The molecule has 0 aliphatic rings. The van der Waals surface area contributed by atoms with Gasteiger partial charge in [-0.25, -0.2) is 0 Å². The van der Waals surface area contributed by atoms with E-state index in [1.165, 1.54) is 0 Å². The molecule has 0 saturated carbocycles. The third kappa shape index (κ3) is 10.1. The van der Waals surface area contributed by atoms with E-state index in [1.807, 2.05) is 0 Å². The fourth-order valence-electron chi connectivity index (χ4n) is 1.73. The summed E-state index contributed by atoms with van der Waals surface area (Å²) in [6.07, 6.45) is 0. The minimum absolute atomic E-state index is 0.373. The van der Waals surface area contributed by atoms with Gasteiger partial charge in [-0.05, 0) is 58.9 Å². The molecular formula is C11H32O4Si4. The standard InChI is InChI=1S/C11H32O4Si4/c1-17(2,3)13-11(10-12-16,14-18(4,5)6)15-19(7,8)9/h10H2,1-9,16H3. The van der Waals surface area contributed by atoms with Crippen LogP contribution >= 0.6 is 0 Å². The second kappa shape index (κ2) is 6.65. The van der Waals surface area contributed by atoms with Crippen molar-refractivity contribution in [3.05, 3.63) is 0 Å². The molecule has 0 aromatic heterocycles. The number of hydrogen-bond acceptors (Lipinski definition) is 4. The largest absolute Gasteiger partial charge is 0.420 e. The lowest BCUT2D eigenvalue weighted by atomic mass is 10.6. The highest BCUT2D eigenvalue weighted by atomic mass is 28.4. The van der Waals surface area contributed by atoms with Crippen molar-refractivity contribution in [2.24, 2.45) is 0 Å². The summed E-state index contributed by atoms with van der Waals surface area (Å²) in [5.41, 5.74) is 0. The summed E-state index contributed by atoms with van der Waals surface area (Å²) in [7, 11) is -4.75. The van der Waals surface area contributed by atoms with Crippen molar-refractivity contribution in [2.75, 3.05) is 6.61 Å². The van der Waals surface area contributed by atoms with Crippen LogP contribution in [0.1, 0.15) is 0 Å². The molecule has 0 unspecified atom stereocenters. The SMILES string of the molecule is C[Si](C)(C)OC(CO[SiH3])(O[Si](C)(C)C)O[Si](C)(C)C. The molecule has 0 aromatic carbocycles. The van der Waals surface area contributed by atoms with Crippen molar-refractivity contribution >= 4 is 35.4 Å². The molecule has 0 saturated heterocycles. The van der Waals surface area contributed by atoms with Crippen LogP contribution in [-0.4, -0.2) is 48.0 Å². The van der Waals surface area contributed by atoms with Crippen molar-refractivity contribution in [2.45, 2.75) is 64.9 Å². The van der Waals surface area contributed by atoms with Crippen LogP contribution in [-0.2, 0) is 17.7 Å². The van der Waals surface area contributed by atoms with E-state index in [4.69, 9.17) is 17.7 Å². The monoisotopic (exact) mass is 340 g/mol. The Morgan fingerprint density at radius 3 is 1.11 bits per heavy atom. The van der Waals surface area contributed by atoms with Crippen LogP contribution in [0.25, 0.3) is 0 Å². The second-order valence-corrected chi connectivity index (χ2v) is 21.6. The molecule has 4 nitrogen and oxygen atoms in total. The molecule has 0 atom stereocenters. The van der Waals surface area contributed by atoms with Gasteiger partial charge in [0.05, 0.1) is 0 Å². The third-order valence-corrected chi connectivity index (χ3v) is 4.76. The molecule has 0 heterocycles. The zero-order chi connectivity index (χ0) is 15.5. The summed E-state index contributed by atoms with van der Waals surface area (Å²) in [6, 6.07) is 0. The van der Waals surface area contributed by atoms with Gasteiger partial charge in [-0.15, -0.1) is 0 Å². The zero-order valence-corrected chi connectivity index (χ0v) is 19.3. The van der Waals surface area contributed by atoms with E-state index in [2.05, 4.69) is 58.9 Å². The minimum atomic E-state index is -1.80. The fourth-order valence-corrected chi connectivity index (χ4v) is 5.56. The molecule has 0 rings (SSSR count). The molecule has 0 fully saturated rings. The molecule has 0 aliphatic heterocycles. The fraction of sp³-hybridized carbons (Fsp3) is 1.00. The van der Waals surface area contributed by atoms with Crippen LogP contribution in [0.4, 0.5) is 0 Å². The van der Waals surface area contributed by atoms with Gasteiger partial charge in [0.1, 0.15) is 17.1 Å². The zero-order valence-electron chi connectivity index (χ0n) is 14.3. The molecule has 8 heteroatoms. The van der Waals surface area contributed by atoms with Crippen LogP contribution in [0.3, 0.4) is 0 Å². The predicted octanol–water partition coefficient (Wildman–Crippen LogP) is 2.49. The highest BCUT2D eigenvalue weighted by Crippen LogP contribution is 2.29. The third-order valence-electron chi connectivity index (χ3n) is 1.71. The molecule has 0 aromatic rings. The van der Waals surface area contributed by atoms with Gasteiger partial charge in [0.25, 0.3) is 5.97 Å². The van der Waals surface area contributed by atoms with E-state index in [0.717, 1.165) is 0 Å². The lowest BCUT2D eigenvalue weighted by molar-refractivity contribution is -0.283. The van der Waals surface area contributed by atoms with Gasteiger partial charge in [-0.3, -0.25) is 0 Å². The van der Waals surface area contributed by atoms with E-state index >= 15 is 0 Å². The first-order valence-electron chi connectivity index (χ1n) is 6.78. The van der Waals surface area contributed by atoms with Crippen LogP contribution in [0.2, 0.25) is 58.9 Å². The van der Waals surface area contributed by atoms with Gasteiger partial charge in [-0.2, -0.15) is 0 Å². The molecule has 19 heavy (non-hydrogen) atoms. The maximum Gasteiger partial charge on any atom is 0.278 e. The summed E-state index contributed by atoms with van der Waals surface area (Å²) in [5, 5.41) is 0. The summed E-state index contributed by atoms with van der Waals surface area (Å²) in [6.45, 7) is 19.7. The number of rotatable bonds is 8. The normalized spacial score (nSPS) is 15.0. The first-order chi connectivity index (χ1) is 8.18. The van der Waals surface area contributed by atoms with Crippen molar-refractivity contribution in [3.8, 4) is 0 Å². The Morgan fingerprint density at radius 2 is 0.947 bits per heavy atom. The van der Waals surface area contributed by atoms with Crippen molar-refractivity contribution in [1.82, 2.24) is 0 Å². The van der Waals surface area contributed by atoms with Crippen molar-refractivity contribution < 1.29 is 17.7 Å². The van der Waals surface area contributed by atoms with Crippen LogP contribution in [0, 0.1) is 0 Å². The smallest absolute Gasteiger partial charge is 0.278 e.